The number of sulfone groups is 1. The number of benzene rings is 1. The molecule has 0 aromatic heterocycles. The van der Waals surface area contributed by atoms with Crippen molar-refractivity contribution in [2.45, 2.75) is 12.8 Å². The Morgan fingerprint density at radius 2 is 1.95 bits per heavy atom. The van der Waals surface area contributed by atoms with Gasteiger partial charge in [-0.25, -0.2) is 8.42 Å². The lowest BCUT2D eigenvalue weighted by Gasteiger charge is -2.28. The van der Waals surface area contributed by atoms with Crippen LogP contribution in [0.15, 0.2) is 24.3 Å². The highest BCUT2D eigenvalue weighted by Gasteiger charge is 2.29. The molecule has 1 atom stereocenters. The van der Waals surface area contributed by atoms with E-state index in [2.05, 4.69) is 0 Å². The monoisotopic (exact) mass is 314 g/mol. The fourth-order valence-corrected chi connectivity index (χ4v) is 4.14. The van der Waals surface area contributed by atoms with E-state index in [0.29, 0.717) is 25.2 Å². The zero-order valence-corrected chi connectivity index (χ0v) is 13.0. The maximum absolute atomic E-state index is 11.4. The van der Waals surface area contributed by atoms with E-state index in [9.17, 15) is 13.5 Å². The molecule has 1 heterocycles. The van der Waals surface area contributed by atoms with E-state index >= 15 is 0 Å². The fourth-order valence-electron chi connectivity index (χ4n) is 2.61. The second kappa shape index (κ2) is 7.13. The molecular weight excluding hydrogens is 292 g/mol. The Balaban J connectivity index is 1.90. The van der Waals surface area contributed by atoms with E-state index in [4.69, 9.17) is 9.47 Å². The van der Waals surface area contributed by atoms with Gasteiger partial charge in [0.05, 0.1) is 25.2 Å². The molecular formula is C15H22O5S. The van der Waals surface area contributed by atoms with E-state index in [-0.39, 0.29) is 29.9 Å². The Labute approximate surface area is 125 Å². The molecule has 1 aliphatic heterocycles. The molecule has 1 aliphatic rings. The quantitative estimate of drug-likeness (QED) is 0.861. The highest BCUT2D eigenvalue weighted by Crippen LogP contribution is 2.27. The lowest BCUT2D eigenvalue weighted by atomic mass is 9.88. The number of methoxy groups -OCH3 is 1. The minimum absolute atomic E-state index is 0.00861. The van der Waals surface area contributed by atoms with Crippen LogP contribution in [0.25, 0.3) is 0 Å². The van der Waals surface area contributed by atoms with Gasteiger partial charge in [0, 0.05) is 18.6 Å². The smallest absolute Gasteiger partial charge is 0.150 e. The topological polar surface area (TPSA) is 72.8 Å². The summed E-state index contributed by atoms with van der Waals surface area (Å²) in [5.41, 5.74) is 0. The Morgan fingerprint density at radius 3 is 2.57 bits per heavy atom. The molecule has 2 rings (SSSR count). The number of rotatable bonds is 6. The molecule has 6 heteroatoms. The highest BCUT2D eigenvalue weighted by atomic mass is 32.2. The van der Waals surface area contributed by atoms with Crippen LogP contribution in [0, 0.1) is 11.8 Å². The summed E-state index contributed by atoms with van der Waals surface area (Å²) >= 11 is 0. The molecule has 0 radical (unpaired) electrons. The van der Waals surface area contributed by atoms with Crippen molar-refractivity contribution in [3.63, 3.8) is 0 Å². The molecule has 1 saturated heterocycles. The van der Waals surface area contributed by atoms with Crippen molar-refractivity contribution in [3.05, 3.63) is 24.3 Å². The van der Waals surface area contributed by atoms with Crippen molar-refractivity contribution in [2.75, 3.05) is 31.8 Å². The number of hydrogen-bond donors (Lipinski definition) is 1. The predicted molar refractivity (Wildman–Crippen MR) is 80.4 cm³/mol. The third kappa shape index (κ3) is 4.61. The van der Waals surface area contributed by atoms with E-state index in [1.165, 1.54) is 0 Å². The standard InChI is InChI=1S/C15H22O5S/c1-19-14-3-2-4-15(9-14)20-11-13(10-16)12-5-7-21(17,18)8-6-12/h2-4,9,12-13,16H,5-8,10-11H2,1H3. The van der Waals surface area contributed by atoms with Crippen LogP contribution in [0.4, 0.5) is 0 Å². The lowest BCUT2D eigenvalue weighted by Crippen LogP contribution is -2.32. The van der Waals surface area contributed by atoms with Crippen LogP contribution in [0.2, 0.25) is 0 Å². The maximum atomic E-state index is 11.4. The van der Waals surface area contributed by atoms with Crippen molar-refractivity contribution in [2.24, 2.45) is 11.8 Å². The Hall–Kier alpha value is -1.27. The van der Waals surface area contributed by atoms with Gasteiger partial charge in [-0.15, -0.1) is 0 Å². The Morgan fingerprint density at radius 1 is 1.29 bits per heavy atom. The summed E-state index contributed by atoms with van der Waals surface area (Å²) in [7, 11) is -1.28. The van der Waals surface area contributed by atoms with Crippen LogP contribution in [-0.4, -0.2) is 45.4 Å². The first-order valence-electron chi connectivity index (χ1n) is 7.12. The van der Waals surface area contributed by atoms with Gasteiger partial charge < -0.3 is 14.6 Å². The molecule has 0 amide bonds. The van der Waals surface area contributed by atoms with Gasteiger partial charge in [-0.05, 0) is 30.9 Å². The summed E-state index contributed by atoms with van der Waals surface area (Å²) in [6, 6.07) is 7.31. The molecule has 5 nitrogen and oxygen atoms in total. The van der Waals surface area contributed by atoms with Crippen LogP contribution in [0.1, 0.15) is 12.8 Å². The summed E-state index contributed by atoms with van der Waals surface area (Å²) in [6.45, 7) is 0.392. The predicted octanol–water partition coefficient (Wildman–Crippen LogP) is 1.51. The highest BCUT2D eigenvalue weighted by molar-refractivity contribution is 7.91. The van der Waals surface area contributed by atoms with Gasteiger partial charge in [-0.2, -0.15) is 0 Å². The third-order valence-corrected chi connectivity index (χ3v) is 5.72. The molecule has 21 heavy (non-hydrogen) atoms. The number of aliphatic hydroxyl groups is 1. The van der Waals surface area contributed by atoms with Crippen molar-refractivity contribution in [1.29, 1.82) is 0 Å². The summed E-state index contributed by atoms with van der Waals surface area (Å²) in [4.78, 5) is 0. The minimum Gasteiger partial charge on any atom is -0.497 e. The lowest BCUT2D eigenvalue weighted by molar-refractivity contribution is 0.112. The molecule has 1 fully saturated rings. The summed E-state index contributed by atoms with van der Waals surface area (Å²) in [5, 5.41) is 9.53. The Kier molecular flexibility index (Phi) is 5.47. The normalized spacial score (nSPS) is 19.9. The molecule has 0 spiro atoms. The van der Waals surface area contributed by atoms with Crippen molar-refractivity contribution < 1.29 is 23.0 Å². The van der Waals surface area contributed by atoms with E-state index in [1.54, 1.807) is 13.2 Å². The summed E-state index contributed by atoms with van der Waals surface area (Å²) < 4.78 is 33.7. The maximum Gasteiger partial charge on any atom is 0.150 e. The number of ether oxygens (including phenoxy) is 2. The van der Waals surface area contributed by atoms with Crippen LogP contribution in [0.3, 0.4) is 0 Å². The SMILES string of the molecule is COc1cccc(OCC(CO)C2CCS(=O)(=O)CC2)c1. The molecule has 0 saturated carbocycles. The first-order chi connectivity index (χ1) is 10.0. The average Bonchev–Trinajstić information content (AvgIpc) is 2.49. The molecule has 0 aliphatic carbocycles. The molecule has 1 aromatic rings. The van der Waals surface area contributed by atoms with E-state index in [0.717, 1.165) is 5.75 Å². The third-order valence-electron chi connectivity index (χ3n) is 4.01. The zero-order valence-electron chi connectivity index (χ0n) is 12.2. The zero-order chi connectivity index (χ0) is 15.3. The van der Waals surface area contributed by atoms with Crippen LogP contribution in [0.5, 0.6) is 11.5 Å². The second-order valence-corrected chi connectivity index (χ2v) is 7.73. The van der Waals surface area contributed by atoms with Gasteiger partial charge in [0.25, 0.3) is 0 Å². The first-order valence-corrected chi connectivity index (χ1v) is 8.94. The molecule has 1 N–H and O–H groups in total. The summed E-state index contributed by atoms with van der Waals surface area (Å²) in [6.07, 6.45) is 1.21. The van der Waals surface area contributed by atoms with Crippen LogP contribution < -0.4 is 9.47 Å². The van der Waals surface area contributed by atoms with Crippen molar-refractivity contribution in [1.82, 2.24) is 0 Å². The Bertz CT molecular complexity index is 541. The molecule has 1 unspecified atom stereocenters. The van der Waals surface area contributed by atoms with Crippen LogP contribution >= 0.6 is 0 Å². The van der Waals surface area contributed by atoms with E-state index < -0.39 is 9.84 Å². The largest absolute Gasteiger partial charge is 0.497 e. The van der Waals surface area contributed by atoms with Crippen LogP contribution in [-0.2, 0) is 9.84 Å². The summed E-state index contributed by atoms with van der Waals surface area (Å²) in [5.74, 6) is 2.00. The average molecular weight is 314 g/mol. The van der Waals surface area contributed by atoms with Gasteiger partial charge in [0.15, 0.2) is 0 Å². The van der Waals surface area contributed by atoms with Gasteiger partial charge >= 0.3 is 0 Å². The van der Waals surface area contributed by atoms with E-state index in [1.807, 2.05) is 18.2 Å². The first kappa shape index (κ1) is 16.1. The van der Waals surface area contributed by atoms with Gasteiger partial charge in [-0.3, -0.25) is 0 Å². The van der Waals surface area contributed by atoms with Gasteiger partial charge in [0.1, 0.15) is 21.3 Å². The molecule has 0 bridgehead atoms. The van der Waals surface area contributed by atoms with Crippen molar-refractivity contribution in [3.8, 4) is 11.5 Å². The van der Waals surface area contributed by atoms with Gasteiger partial charge in [-0.1, -0.05) is 6.07 Å². The second-order valence-electron chi connectivity index (χ2n) is 5.42. The fraction of sp³-hybridized carbons (Fsp3) is 0.600. The molecule has 1 aromatic carbocycles. The number of aliphatic hydroxyl groups excluding tert-OH is 1. The number of hydrogen-bond acceptors (Lipinski definition) is 5. The van der Waals surface area contributed by atoms with Crippen molar-refractivity contribution >= 4 is 9.84 Å². The molecule has 118 valence electrons. The van der Waals surface area contributed by atoms with Gasteiger partial charge in [0.2, 0.25) is 0 Å². The minimum atomic E-state index is -2.87.